The molecule has 0 saturated heterocycles. The zero-order valence-electron chi connectivity index (χ0n) is 16.5. The van der Waals surface area contributed by atoms with Crippen LogP contribution in [-0.2, 0) is 13.4 Å². The molecule has 0 aliphatic carbocycles. The number of hydrogen-bond donors (Lipinski definition) is 0. The first kappa shape index (κ1) is 21.1. The van der Waals surface area contributed by atoms with Crippen molar-refractivity contribution in [2.24, 2.45) is 0 Å². The van der Waals surface area contributed by atoms with Crippen molar-refractivity contribution in [2.45, 2.75) is 0 Å². The van der Waals surface area contributed by atoms with Gasteiger partial charge in [-0.2, -0.15) is 0 Å². The van der Waals surface area contributed by atoms with Crippen molar-refractivity contribution in [2.75, 3.05) is 0 Å². The van der Waals surface area contributed by atoms with Gasteiger partial charge in [0.05, 0.1) is 10.6 Å². The summed E-state index contributed by atoms with van der Waals surface area (Å²) in [6.07, 6.45) is 0. The molecule has 0 N–H and O–H groups in total. The third kappa shape index (κ3) is 5.15. The van der Waals surface area contributed by atoms with Crippen LogP contribution in [0.3, 0.4) is 0 Å². The molecule has 31 heavy (non-hydrogen) atoms. The quantitative estimate of drug-likeness (QED) is 0.299. The van der Waals surface area contributed by atoms with Crippen molar-refractivity contribution in [1.29, 1.82) is 0 Å². The highest BCUT2D eigenvalue weighted by Crippen LogP contribution is 2.62. The van der Waals surface area contributed by atoms with Gasteiger partial charge in [-0.15, -0.1) is 0 Å². The smallest absolute Gasteiger partial charge is 0.418 e. The Labute approximate surface area is 181 Å². The summed E-state index contributed by atoms with van der Waals surface area (Å²) in [5, 5.41) is 0.540. The summed E-state index contributed by atoms with van der Waals surface area (Å²) in [5.41, 5.74) is 0. The van der Waals surface area contributed by atoms with Crippen molar-refractivity contribution >= 4 is 25.8 Å². The van der Waals surface area contributed by atoms with Gasteiger partial charge in [0, 0.05) is 0 Å². The average molecular weight is 450 g/mol. The molecule has 0 amide bonds. The van der Waals surface area contributed by atoms with Crippen LogP contribution in [0, 0.1) is 0 Å². The van der Waals surface area contributed by atoms with Crippen molar-refractivity contribution < 1.29 is 22.5 Å². The fourth-order valence-corrected chi connectivity index (χ4v) is 7.07. The molecule has 0 aromatic heterocycles. The topological polar surface area (TPSA) is 61.8 Å². The molecule has 0 heterocycles. The van der Waals surface area contributed by atoms with Gasteiger partial charge in [-0.05, 0) is 48.5 Å². The van der Waals surface area contributed by atoms with Crippen LogP contribution in [0.25, 0.3) is 0 Å². The minimum Gasteiger partial charge on any atom is -0.421 e. The van der Waals surface area contributed by atoms with Gasteiger partial charge in [-0.1, -0.05) is 72.8 Å². The van der Waals surface area contributed by atoms with Crippen LogP contribution < -0.4 is 19.7 Å². The van der Waals surface area contributed by atoms with Crippen molar-refractivity contribution in [3.05, 3.63) is 121 Å². The molecule has 4 aromatic rings. The molecule has 7 heteroatoms. The molecule has 0 spiro atoms. The molecule has 0 radical (unpaired) electrons. The maximum absolute atomic E-state index is 14.1. The maximum atomic E-state index is 14.1. The molecule has 2 unspecified atom stereocenters. The second kappa shape index (κ2) is 9.36. The number of rotatable bonds is 8. The van der Waals surface area contributed by atoms with Crippen LogP contribution in [0.15, 0.2) is 121 Å². The van der Waals surface area contributed by atoms with E-state index in [2.05, 4.69) is 0 Å². The van der Waals surface area contributed by atoms with Gasteiger partial charge < -0.3 is 9.05 Å². The molecule has 2 atom stereocenters. The Balaban J connectivity index is 1.79. The van der Waals surface area contributed by atoms with E-state index in [9.17, 15) is 9.13 Å². The standard InChI is InChI=1S/C24H20O5P2/c25-30(23-17-9-3-10-18-23,27-21-13-5-1-6-14-21)29-31(26,24-19-11-4-12-20-24)28-22-15-7-2-8-16-22/h1-20H. The minimum atomic E-state index is -4.11. The Bertz CT molecular complexity index is 1100. The molecule has 156 valence electrons. The van der Waals surface area contributed by atoms with E-state index in [4.69, 9.17) is 13.4 Å². The maximum Gasteiger partial charge on any atom is 0.418 e. The lowest BCUT2D eigenvalue weighted by Crippen LogP contribution is -2.17. The SMILES string of the molecule is O=P(Oc1ccccc1)(OP(=O)(Oc1ccccc1)c1ccccc1)c1ccccc1. The summed E-state index contributed by atoms with van der Waals surface area (Å²) >= 11 is 0. The van der Waals surface area contributed by atoms with Gasteiger partial charge in [0.2, 0.25) is 0 Å². The summed E-state index contributed by atoms with van der Waals surface area (Å²) in [7, 11) is -8.21. The van der Waals surface area contributed by atoms with E-state index in [1.807, 2.05) is 12.1 Å². The Hall–Kier alpha value is -3.10. The highest BCUT2D eigenvalue weighted by molar-refractivity contribution is 7.75. The van der Waals surface area contributed by atoms with E-state index in [1.54, 1.807) is 109 Å². The van der Waals surface area contributed by atoms with E-state index in [1.165, 1.54) is 0 Å². The first-order valence-electron chi connectivity index (χ1n) is 9.59. The van der Waals surface area contributed by atoms with E-state index in [-0.39, 0.29) is 10.6 Å². The largest absolute Gasteiger partial charge is 0.421 e. The summed E-state index contributed by atoms with van der Waals surface area (Å²) in [5.74, 6) is 0.656. The summed E-state index contributed by atoms with van der Waals surface area (Å²) in [6.45, 7) is 0. The van der Waals surface area contributed by atoms with Crippen molar-refractivity contribution in [1.82, 2.24) is 0 Å². The van der Waals surface area contributed by atoms with Gasteiger partial charge in [0.25, 0.3) is 0 Å². The van der Waals surface area contributed by atoms with E-state index in [0.29, 0.717) is 11.5 Å². The third-order valence-electron chi connectivity index (χ3n) is 4.30. The number of para-hydroxylation sites is 2. The minimum absolute atomic E-state index is 0.270. The van der Waals surface area contributed by atoms with Gasteiger partial charge in [0.1, 0.15) is 11.5 Å². The van der Waals surface area contributed by atoms with E-state index < -0.39 is 15.2 Å². The summed E-state index contributed by atoms with van der Waals surface area (Å²) in [4.78, 5) is 0. The van der Waals surface area contributed by atoms with Crippen molar-refractivity contribution in [3.8, 4) is 11.5 Å². The first-order chi connectivity index (χ1) is 15.1. The molecular formula is C24H20O5P2. The second-order valence-corrected chi connectivity index (χ2v) is 10.6. The average Bonchev–Trinajstić information content (AvgIpc) is 2.81. The van der Waals surface area contributed by atoms with E-state index >= 15 is 0 Å². The van der Waals surface area contributed by atoms with Crippen molar-refractivity contribution in [3.63, 3.8) is 0 Å². The van der Waals surface area contributed by atoms with Gasteiger partial charge >= 0.3 is 15.2 Å². The first-order valence-corrected chi connectivity index (χ1v) is 12.7. The highest BCUT2D eigenvalue weighted by Gasteiger charge is 2.42. The Morgan fingerprint density at radius 1 is 0.419 bits per heavy atom. The van der Waals surface area contributed by atoms with Crippen LogP contribution in [0.4, 0.5) is 0 Å². The van der Waals surface area contributed by atoms with Crippen LogP contribution >= 0.6 is 15.2 Å². The fourth-order valence-electron chi connectivity index (χ4n) is 2.84. The molecule has 0 fully saturated rings. The molecule has 0 bridgehead atoms. The van der Waals surface area contributed by atoms with Gasteiger partial charge in [-0.25, -0.2) is 13.4 Å². The summed E-state index contributed by atoms with van der Waals surface area (Å²) < 4.78 is 45.7. The third-order valence-corrected chi connectivity index (χ3v) is 8.78. The Morgan fingerprint density at radius 2 is 0.710 bits per heavy atom. The highest BCUT2D eigenvalue weighted by atomic mass is 31.3. The number of hydrogen-bond acceptors (Lipinski definition) is 5. The molecule has 0 saturated carbocycles. The van der Waals surface area contributed by atoms with Gasteiger partial charge in [0.15, 0.2) is 0 Å². The van der Waals surface area contributed by atoms with Gasteiger partial charge in [-0.3, -0.25) is 0 Å². The zero-order chi connectivity index (χ0) is 21.6. The Kier molecular flexibility index (Phi) is 6.39. The lowest BCUT2D eigenvalue weighted by atomic mass is 10.3. The predicted octanol–water partition coefficient (Wildman–Crippen LogP) is 6.20. The monoisotopic (exact) mass is 450 g/mol. The molecule has 0 aliphatic rings. The van der Waals surface area contributed by atoms with Crippen LogP contribution in [0.1, 0.15) is 0 Å². The zero-order valence-corrected chi connectivity index (χ0v) is 18.3. The van der Waals surface area contributed by atoms with Crippen LogP contribution in [-0.4, -0.2) is 0 Å². The normalized spacial score (nSPS) is 14.7. The predicted molar refractivity (Wildman–Crippen MR) is 123 cm³/mol. The second-order valence-electron chi connectivity index (χ2n) is 6.56. The summed E-state index contributed by atoms with van der Waals surface area (Å²) in [6, 6.07) is 34.1. The van der Waals surface area contributed by atoms with E-state index in [0.717, 1.165) is 0 Å². The lowest BCUT2D eigenvalue weighted by Gasteiger charge is -2.25. The lowest BCUT2D eigenvalue weighted by molar-refractivity contribution is 0.357. The van der Waals surface area contributed by atoms with Crippen LogP contribution in [0.2, 0.25) is 0 Å². The Morgan fingerprint density at radius 3 is 1.03 bits per heavy atom. The molecule has 4 aromatic carbocycles. The van der Waals surface area contributed by atoms with Crippen LogP contribution in [0.5, 0.6) is 11.5 Å². The number of benzene rings is 4. The molecule has 4 rings (SSSR count). The molecular weight excluding hydrogens is 430 g/mol. The molecule has 0 aliphatic heterocycles. The fraction of sp³-hybridized carbons (Fsp3) is 0. The molecule has 5 nitrogen and oxygen atoms in total.